The predicted molar refractivity (Wildman–Crippen MR) is 31.5 cm³/mol. The zero-order valence-corrected chi connectivity index (χ0v) is 8.16. The van der Waals surface area contributed by atoms with Gasteiger partial charge in [0.05, 0.1) is 6.61 Å². The van der Waals surface area contributed by atoms with Crippen LogP contribution in [-0.2, 0) is 14.9 Å². The molecule has 0 rings (SSSR count). The molecular formula is C4H4F5LiO4S. The van der Waals surface area contributed by atoms with Gasteiger partial charge in [-0.15, -0.1) is 0 Å². The van der Waals surface area contributed by atoms with E-state index in [-0.39, 0.29) is 18.9 Å². The van der Waals surface area contributed by atoms with Crippen LogP contribution in [0.5, 0.6) is 0 Å². The number of halogens is 5. The summed E-state index contributed by atoms with van der Waals surface area (Å²) >= 11 is 0. The van der Waals surface area contributed by atoms with E-state index < -0.39 is 34.8 Å². The van der Waals surface area contributed by atoms with E-state index in [9.17, 15) is 34.9 Å². The molecule has 11 heteroatoms. The Morgan fingerprint density at radius 3 is 1.87 bits per heavy atom. The van der Waals surface area contributed by atoms with Crippen molar-refractivity contribution in [2.75, 3.05) is 13.3 Å². The van der Waals surface area contributed by atoms with Crippen molar-refractivity contribution in [1.82, 2.24) is 0 Å². The molecule has 0 N–H and O–H groups in total. The van der Waals surface area contributed by atoms with Gasteiger partial charge in [-0.3, -0.25) is 0 Å². The van der Waals surface area contributed by atoms with E-state index in [2.05, 4.69) is 4.74 Å². The van der Waals surface area contributed by atoms with Crippen LogP contribution in [0.1, 0.15) is 0 Å². The summed E-state index contributed by atoms with van der Waals surface area (Å²) in [7, 11) is -6.57. The molecule has 0 bridgehead atoms. The SMILES string of the molecule is O=S(=O)([O-])C(F)(F)C(F)(F)OCCF.[Li+]. The van der Waals surface area contributed by atoms with Gasteiger partial charge in [-0.2, -0.15) is 17.6 Å². The maximum absolute atomic E-state index is 12.2. The first-order chi connectivity index (χ1) is 6.06. The van der Waals surface area contributed by atoms with Gasteiger partial charge in [0, 0.05) is 0 Å². The van der Waals surface area contributed by atoms with Crippen LogP contribution in [0, 0.1) is 0 Å². The van der Waals surface area contributed by atoms with Crippen molar-refractivity contribution in [2.45, 2.75) is 11.4 Å². The number of ether oxygens (including phenoxy) is 1. The van der Waals surface area contributed by atoms with E-state index >= 15 is 0 Å². The van der Waals surface area contributed by atoms with Gasteiger partial charge in [0.1, 0.15) is 6.67 Å². The summed E-state index contributed by atoms with van der Waals surface area (Å²) in [4.78, 5) is 0. The quantitative estimate of drug-likeness (QED) is 0.313. The molecule has 0 unspecified atom stereocenters. The van der Waals surface area contributed by atoms with E-state index in [1.165, 1.54) is 0 Å². The minimum Gasteiger partial charge on any atom is -0.743 e. The molecule has 0 aliphatic heterocycles. The van der Waals surface area contributed by atoms with Crippen LogP contribution in [0.25, 0.3) is 0 Å². The molecule has 0 radical (unpaired) electrons. The average molecular weight is 250 g/mol. The van der Waals surface area contributed by atoms with Crippen molar-refractivity contribution >= 4 is 10.1 Å². The van der Waals surface area contributed by atoms with Crippen LogP contribution in [-0.4, -0.2) is 37.6 Å². The summed E-state index contributed by atoms with van der Waals surface area (Å²) in [6.45, 7) is -2.97. The summed E-state index contributed by atoms with van der Waals surface area (Å²) in [5, 5.41) is -5.92. The Balaban J connectivity index is 0. The summed E-state index contributed by atoms with van der Waals surface area (Å²) < 4.78 is 91.9. The second-order valence-corrected chi connectivity index (χ2v) is 3.45. The third-order valence-corrected chi connectivity index (χ3v) is 1.88. The first kappa shape index (κ1) is 17.5. The minimum absolute atomic E-state index is 0. The van der Waals surface area contributed by atoms with E-state index in [1.807, 2.05) is 0 Å². The Labute approximate surface area is 93.7 Å². The van der Waals surface area contributed by atoms with Crippen molar-refractivity contribution < 1.29 is 58.5 Å². The molecule has 0 aromatic rings. The Kier molecular flexibility index (Phi) is 6.36. The molecule has 4 nitrogen and oxygen atoms in total. The molecule has 0 aromatic carbocycles. The van der Waals surface area contributed by atoms with Crippen molar-refractivity contribution in [3.63, 3.8) is 0 Å². The molecule has 0 saturated carbocycles. The van der Waals surface area contributed by atoms with Gasteiger partial charge in [0.2, 0.25) is 0 Å². The zero-order chi connectivity index (χ0) is 11.6. The fourth-order valence-corrected chi connectivity index (χ4v) is 0.746. The molecular weight excluding hydrogens is 246 g/mol. The van der Waals surface area contributed by atoms with Crippen LogP contribution in [0.15, 0.2) is 0 Å². The maximum Gasteiger partial charge on any atom is 1.00 e. The topological polar surface area (TPSA) is 66.4 Å². The normalized spacial score (nSPS) is 13.5. The van der Waals surface area contributed by atoms with Gasteiger partial charge >= 0.3 is 30.2 Å². The molecule has 15 heavy (non-hydrogen) atoms. The fraction of sp³-hybridized carbons (Fsp3) is 1.00. The standard InChI is InChI=1S/C4H5F5O4S.Li/c5-1-2-13-3(6,7)4(8,9)14(10,11)12;/h1-2H2,(H,10,11,12);/q;+1/p-1. The van der Waals surface area contributed by atoms with Crippen LogP contribution in [0.3, 0.4) is 0 Å². The summed E-state index contributed by atoms with van der Waals surface area (Å²) in [5.41, 5.74) is 0. The molecule has 86 valence electrons. The van der Waals surface area contributed by atoms with E-state index in [0.717, 1.165) is 0 Å². The van der Waals surface area contributed by atoms with Gasteiger partial charge < -0.3 is 9.29 Å². The van der Waals surface area contributed by atoms with Gasteiger partial charge in [-0.1, -0.05) is 0 Å². The molecule has 0 aliphatic carbocycles. The van der Waals surface area contributed by atoms with Gasteiger partial charge in [0.15, 0.2) is 10.1 Å². The minimum atomic E-state index is -6.57. The second-order valence-electron chi connectivity index (χ2n) is 2.03. The van der Waals surface area contributed by atoms with Crippen molar-refractivity contribution in [3.8, 4) is 0 Å². The van der Waals surface area contributed by atoms with Crippen LogP contribution >= 0.6 is 0 Å². The number of rotatable bonds is 5. The number of hydrogen-bond acceptors (Lipinski definition) is 4. The molecule has 0 fully saturated rings. The summed E-state index contributed by atoms with van der Waals surface area (Å²) in [5.74, 6) is 0. The Hall–Kier alpha value is 0.117. The Morgan fingerprint density at radius 1 is 1.20 bits per heavy atom. The molecule has 0 heterocycles. The molecule has 0 aliphatic rings. The number of alkyl halides is 5. The van der Waals surface area contributed by atoms with E-state index in [1.54, 1.807) is 0 Å². The predicted octanol–water partition coefficient (Wildman–Crippen LogP) is -2.29. The monoisotopic (exact) mass is 250 g/mol. The smallest absolute Gasteiger partial charge is 0.743 e. The Morgan fingerprint density at radius 2 is 1.60 bits per heavy atom. The van der Waals surface area contributed by atoms with Crippen molar-refractivity contribution in [1.29, 1.82) is 0 Å². The number of hydrogen-bond donors (Lipinski definition) is 0. The third kappa shape index (κ3) is 3.88. The van der Waals surface area contributed by atoms with Gasteiger partial charge in [0.25, 0.3) is 0 Å². The summed E-state index contributed by atoms with van der Waals surface area (Å²) in [6.07, 6.45) is -5.54. The molecule has 0 aromatic heterocycles. The molecule has 0 atom stereocenters. The zero-order valence-electron chi connectivity index (χ0n) is 7.35. The third-order valence-electron chi connectivity index (χ3n) is 1.01. The average Bonchev–Trinajstić information content (AvgIpc) is 1.98. The molecule has 0 spiro atoms. The van der Waals surface area contributed by atoms with Crippen LogP contribution < -0.4 is 18.9 Å². The first-order valence-corrected chi connectivity index (χ1v) is 4.38. The maximum atomic E-state index is 12.2. The van der Waals surface area contributed by atoms with Crippen LogP contribution in [0.2, 0.25) is 0 Å². The van der Waals surface area contributed by atoms with Crippen molar-refractivity contribution in [3.05, 3.63) is 0 Å². The largest absolute Gasteiger partial charge is 1.00 e. The van der Waals surface area contributed by atoms with Gasteiger partial charge in [-0.25, -0.2) is 12.8 Å². The van der Waals surface area contributed by atoms with E-state index in [4.69, 9.17) is 0 Å². The van der Waals surface area contributed by atoms with Gasteiger partial charge in [-0.05, 0) is 0 Å². The molecule has 0 amide bonds. The molecule has 0 saturated heterocycles. The fourth-order valence-electron chi connectivity index (χ4n) is 0.396. The van der Waals surface area contributed by atoms with Crippen molar-refractivity contribution in [2.24, 2.45) is 0 Å². The van der Waals surface area contributed by atoms with Crippen LogP contribution in [0.4, 0.5) is 22.0 Å². The van der Waals surface area contributed by atoms with E-state index in [0.29, 0.717) is 0 Å². The summed E-state index contributed by atoms with van der Waals surface area (Å²) in [6, 6.07) is 0. The second kappa shape index (κ2) is 5.45. The Bertz CT molecular complexity index is 291. The first-order valence-electron chi connectivity index (χ1n) is 2.97.